The van der Waals surface area contributed by atoms with Gasteiger partial charge in [-0.05, 0) is 19.4 Å². The van der Waals surface area contributed by atoms with Crippen LogP contribution in [-0.2, 0) is 27.9 Å². The van der Waals surface area contributed by atoms with Crippen molar-refractivity contribution >= 4 is 5.91 Å². The van der Waals surface area contributed by atoms with Crippen molar-refractivity contribution < 1.29 is 14.3 Å². The maximum absolute atomic E-state index is 12.6. The second kappa shape index (κ2) is 7.42. The Hall–Kier alpha value is -1.44. The van der Waals surface area contributed by atoms with Crippen LogP contribution in [0.5, 0.6) is 0 Å². The molecule has 0 spiro atoms. The van der Waals surface area contributed by atoms with Gasteiger partial charge in [0, 0.05) is 32.4 Å². The van der Waals surface area contributed by atoms with Gasteiger partial charge in [0.2, 0.25) is 5.91 Å². The summed E-state index contributed by atoms with van der Waals surface area (Å²) in [5.41, 5.74) is 1.04. The molecule has 128 valence electrons. The molecule has 1 atom stereocenters. The second-order valence-corrected chi connectivity index (χ2v) is 6.42. The summed E-state index contributed by atoms with van der Waals surface area (Å²) in [5, 5.41) is 4.14. The molecule has 2 aliphatic rings. The molecule has 0 aromatic carbocycles. The highest BCUT2D eigenvalue weighted by molar-refractivity contribution is 5.78. The van der Waals surface area contributed by atoms with Crippen LogP contribution in [-0.4, -0.2) is 71.2 Å². The maximum Gasteiger partial charge on any atom is 0.236 e. The topological polar surface area (TPSA) is 59.8 Å². The zero-order valence-corrected chi connectivity index (χ0v) is 14.0. The number of carbonyl (C=O) groups is 1. The molecule has 0 N–H and O–H groups in total. The number of piperidine rings is 1. The van der Waals surface area contributed by atoms with Gasteiger partial charge < -0.3 is 14.4 Å². The highest BCUT2D eigenvalue weighted by atomic mass is 16.7. The van der Waals surface area contributed by atoms with Crippen LogP contribution >= 0.6 is 0 Å². The summed E-state index contributed by atoms with van der Waals surface area (Å²) in [7, 11) is 3.72. The first-order valence-corrected chi connectivity index (χ1v) is 8.32. The third kappa shape index (κ3) is 4.10. The van der Waals surface area contributed by atoms with Gasteiger partial charge in [0.25, 0.3) is 0 Å². The van der Waals surface area contributed by atoms with Crippen molar-refractivity contribution in [2.75, 3.05) is 33.4 Å². The normalized spacial score (nSPS) is 23.3. The summed E-state index contributed by atoms with van der Waals surface area (Å²) in [6.07, 6.45) is 6.89. The number of likely N-dealkylation sites (tertiary alicyclic amines) is 1. The molecule has 2 saturated heterocycles. The Kier molecular flexibility index (Phi) is 5.30. The monoisotopic (exact) mass is 322 g/mol. The molecule has 23 heavy (non-hydrogen) atoms. The fourth-order valence-electron chi connectivity index (χ4n) is 3.33. The molecule has 1 aromatic rings. The molecule has 2 aliphatic heterocycles. The van der Waals surface area contributed by atoms with E-state index in [0.717, 1.165) is 24.9 Å². The van der Waals surface area contributed by atoms with Crippen molar-refractivity contribution in [1.29, 1.82) is 0 Å². The Bertz CT molecular complexity index is 527. The summed E-state index contributed by atoms with van der Waals surface area (Å²) in [5.74, 6) is 0.124. The predicted molar refractivity (Wildman–Crippen MR) is 84.6 cm³/mol. The fourth-order valence-corrected chi connectivity index (χ4v) is 3.33. The Balaban J connectivity index is 1.56. The van der Waals surface area contributed by atoms with Crippen molar-refractivity contribution in [3.63, 3.8) is 0 Å². The van der Waals surface area contributed by atoms with Crippen molar-refractivity contribution in [1.82, 2.24) is 19.6 Å². The predicted octanol–water partition coefficient (Wildman–Crippen LogP) is 0.606. The van der Waals surface area contributed by atoms with Gasteiger partial charge in [-0.15, -0.1) is 0 Å². The molecule has 7 heteroatoms. The van der Waals surface area contributed by atoms with Crippen LogP contribution in [0.4, 0.5) is 0 Å². The standard InChI is InChI=1S/C16H26N4O3/c1-18(10-13-9-17-19(2)11-13)15(21)12-20-6-4-3-5-14(20)16-22-7-8-23-16/h9,11,14,16H,3-8,10,12H2,1-2H3. The third-order valence-corrected chi connectivity index (χ3v) is 4.57. The lowest BCUT2D eigenvalue weighted by molar-refractivity contribution is -0.139. The number of ether oxygens (including phenoxy) is 2. The first kappa shape index (κ1) is 16.4. The Morgan fingerprint density at radius 2 is 2.17 bits per heavy atom. The number of carbonyl (C=O) groups excluding carboxylic acids is 1. The number of hydrogen-bond acceptors (Lipinski definition) is 5. The van der Waals surface area contributed by atoms with E-state index in [1.807, 2.05) is 20.3 Å². The quantitative estimate of drug-likeness (QED) is 0.795. The zero-order chi connectivity index (χ0) is 16.2. The molecule has 3 rings (SSSR count). The highest BCUT2D eigenvalue weighted by Crippen LogP contribution is 2.24. The first-order valence-electron chi connectivity index (χ1n) is 8.32. The Labute approximate surface area is 137 Å². The third-order valence-electron chi connectivity index (χ3n) is 4.57. The average molecular weight is 322 g/mol. The summed E-state index contributed by atoms with van der Waals surface area (Å²) in [6, 6.07) is 0.196. The van der Waals surface area contributed by atoms with E-state index in [2.05, 4.69) is 10.00 Å². The van der Waals surface area contributed by atoms with E-state index in [1.54, 1.807) is 15.8 Å². The van der Waals surface area contributed by atoms with Crippen LogP contribution in [0, 0.1) is 0 Å². The molecule has 7 nitrogen and oxygen atoms in total. The minimum absolute atomic E-state index is 0.124. The van der Waals surface area contributed by atoms with Gasteiger partial charge >= 0.3 is 0 Å². The lowest BCUT2D eigenvalue weighted by atomic mass is 10.0. The van der Waals surface area contributed by atoms with E-state index in [1.165, 1.54) is 6.42 Å². The lowest BCUT2D eigenvalue weighted by Crippen LogP contribution is -2.51. The number of rotatable bonds is 5. The molecular weight excluding hydrogens is 296 g/mol. The van der Waals surface area contributed by atoms with E-state index >= 15 is 0 Å². The maximum atomic E-state index is 12.6. The molecule has 0 radical (unpaired) electrons. The number of likely N-dealkylation sites (N-methyl/N-ethyl adjacent to an activating group) is 1. The SMILES string of the molecule is CN(Cc1cnn(C)c1)C(=O)CN1CCCCC1C1OCCO1. The second-order valence-electron chi connectivity index (χ2n) is 6.42. The van der Waals surface area contributed by atoms with Gasteiger partial charge in [-0.1, -0.05) is 6.42 Å². The van der Waals surface area contributed by atoms with E-state index in [0.29, 0.717) is 26.3 Å². The number of amides is 1. The lowest BCUT2D eigenvalue weighted by Gasteiger charge is -2.38. The molecule has 2 fully saturated rings. The van der Waals surface area contributed by atoms with E-state index < -0.39 is 0 Å². The van der Waals surface area contributed by atoms with Gasteiger partial charge in [0.05, 0.1) is 32.0 Å². The minimum Gasteiger partial charge on any atom is -0.349 e. The minimum atomic E-state index is -0.174. The molecular formula is C16H26N4O3. The van der Waals surface area contributed by atoms with Gasteiger partial charge in [0.15, 0.2) is 6.29 Å². The van der Waals surface area contributed by atoms with E-state index in [4.69, 9.17) is 9.47 Å². The zero-order valence-electron chi connectivity index (χ0n) is 14.0. The molecule has 1 aromatic heterocycles. The molecule has 1 unspecified atom stereocenters. The van der Waals surface area contributed by atoms with Crippen molar-refractivity contribution in [3.05, 3.63) is 18.0 Å². The molecule has 0 bridgehead atoms. The highest BCUT2D eigenvalue weighted by Gasteiger charge is 2.34. The number of hydrogen-bond donors (Lipinski definition) is 0. The van der Waals surface area contributed by atoms with Crippen LogP contribution in [0.3, 0.4) is 0 Å². The molecule has 3 heterocycles. The van der Waals surface area contributed by atoms with Gasteiger partial charge in [0.1, 0.15) is 0 Å². The van der Waals surface area contributed by atoms with Gasteiger partial charge in [-0.25, -0.2) is 0 Å². The van der Waals surface area contributed by atoms with E-state index in [-0.39, 0.29) is 18.2 Å². The first-order chi connectivity index (χ1) is 11.1. The molecule has 0 saturated carbocycles. The largest absolute Gasteiger partial charge is 0.349 e. The van der Waals surface area contributed by atoms with Gasteiger partial charge in [-0.3, -0.25) is 14.4 Å². The Morgan fingerprint density at radius 1 is 1.39 bits per heavy atom. The van der Waals surface area contributed by atoms with Crippen molar-refractivity contribution in [2.45, 2.75) is 38.1 Å². The summed E-state index contributed by atoms with van der Waals surface area (Å²) in [6.45, 7) is 3.25. The van der Waals surface area contributed by atoms with Crippen LogP contribution in [0.15, 0.2) is 12.4 Å². The molecule has 0 aliphatic carbocycles. The van der Waals surface area contributed by atoms with Crippen molar-refractivity contribution in [2.24, 2.45) is 7.05 Å². The van der Waals surface area contributed by atoms with Crippen LogP contribution < -0.4 is 0 Å². The van der Waals surface area contributed by atoms with Crippen LogP contribution in [0.25, 0.3) is 0 Å². The Morgan fingerprint density at radius 3 is 2.87 bits per heavy atom. The summed E-state index contributed by atoms with van der Waals surface area (Å²) in [4.78, 5) is 16.5. The smallest absolute Gasteiger partial charge is 0.236 e. The number of aryl methyl sites for hydroxylation is 1. The van der Waals surface area contributed by atoms with Crippen molar-refractivity contribution in [3.8, 4) is 0 Å². The summed E-state index contributed by atoms with van der Waals surface area (Å²) >= 11 is 0. The molecule has 1 amide bonds. The van der Waals surface area contributed by atoms with Crippen LogP contribution in [0.1, 0.15) is 24.8 Å². The number of nitrogens with zero attached hydrogens (tertiary/aromatic N) is 4. The van der Waals surface area contributed by atoms with E-state index in [9.17, 15) is 4.79 Å². The van der Waals surface area contributed by atoms with Crippen LogP contribution in [0.2, 0.25) is 0 Å². The fraction of sp³-hybridized carbons (Fsp3) is 0.750. The van der Waals surface area contributed by atoms with Gasteiger partial charge in [-0.2, -0.15) is 5.10 Å². The average Bonchev–Trinajstić information content (AvgIpc) is 3.19. The summed E-state index contributed by atoms with van der Waals surface area (Å²) < 4.78 is 13.1. The number of aromatic nitrogens is 2.